The van der Waals surface area contributed by atoms with Crippen LogP contribution in [0.4, 0.5) is 0 Å². The Morgan fingerprint density at radius 2 is 2.10 bits per heavy atom. The van der Waals surface area contributed by atoms with Crippen LogP contribution in [0, 0.1) is 0 Å². The van der Waals surface area contributed by atoms with Gasteiger partial charge in [0.2, 0.25) is 11.8 Å². The number of imide groups is 1. The van der Waals surface area contributed by atoms with Gasteiger partial charge in [0.15, 0.2) is 0 Å². The topological polar surface area (TPSA) is 90.5 Å². The Balaban J connectivity index is 1.50. The van der Waals surface area contributed by atoms with Crippen LogP contribution in [0.3, 0.4) is 0 Å². The second-order valence-electron chi connectivity index (χ2n) is 7.68. The fraction of sp³-hybridized carbons (Fsp3) is 0.409. The molecule has 7 nitrogen and oxygen atoms in total. The third kappa shape index (κ3) is 4.16. The van der Waals surface area contributed by atoms with E-state index in [-0.39, 0.29) is 30.2 Å². The van der Waals surface area contributed by atoms with Crippen LogP contribution in [0.25, 0.3) is 0 Å². The molecule has 0 radical (unpaired) electrons. The van der Waals surface area contributed by atoms with Crippen molar-refractivity contribution in [3.8, 4) is 0 Å². The Kier molecular flexibility index (Phi) is 6.26. The molecular weight excluding hydrogens is 400 g/mol. The molecule has 3 heterocycles. The Bertz CT molecular complexity index is 944. The maximum atomic E-state index is 13.0. The van der Waals surface area contributed by atoms with Crippen molar-refractivity contribution in [1.29, 1.82) is 0 Å². The first kappa shape index (κ1) is 20.7. The summed E-state index contributed by atoms with van der Waals surface area (Å²) in [4.78, 5) is 39.6. The molecule has 0 spiro atoms. The third-order valence-corrected chi connectivity index (χ3v) is 6.77. The largest absolute Gasteiger partial charge is 0.322 e. The average molecular weight is 427 g/mol. The van der Waals surface area contributed by atoms with Gasteiger partial charge in [-0.1, -0.05) is 18.2 Å². The van der Waals surface area contributed by atoms with Gasteiger partial charge in [-0.15, -0.1) is 11.3 Å². The molecule has 0 saturated carbocycles. The quantitative estimate of drug-likeness (QED) is 0.562. The van der Waals surface area contributed by atoms with E-state index in [0.29, 0.717) is 25.1 Å². The number of hydrogen-bond donors (Lipinski definition) is 3. The van der Waals surface area contributed by atoms with Crippen molar-refractivity contribution >= 4 is 29.1 Å². The summed E-state index contributed by atoms with van der Waals surface area (Å²) in [6, 6.07) is 9.61. The number of fused-ring (bicyclic) bond motifs is 1. The summed E-state index contributed by atoms with van der Waals surface area (Å²) in [5.41, 5.74) is 2.70. The van der Waals surface area contributed by atoms with E-state index in [1.807, 2.05) is 25.2 Å². The Labute approximate surface area is 179 Å². The Morgan fingerprint density at radius 1 is 1.23 bits per heavy atom. The van der Waals surface area contributed by atoms with Crippen molar-refractivity contribution in [1.82, 2.24) is 20.9 Å². The average Bonchev–Trinajstić information content (AvgIpc) is 3.37. The molecule has 1 saturated heterocycles. The van der Waals surface area contributed by atoms with E-state index in [1.54, 1.807) is 16.2 Å². The predicted octanol–water partition coefficient (Wildman–Crippen LogP) is 1.95. The molecule has 1 fully saturated rings. The van der Waals surface area contributed by atoms with E-state index in [4.69, 9.17) is 0 Å². The van der Waals surface area contributed by atoms with Gasteiger partial charge in [-0.3, -0.25) is 19.7 Å². The van der Waals surface area contributed by atoms with Gasteiger partial charge < -0.3 is 15.5 Å². The van der Waals surface area contributed by atoms with Crippen molar-refractivity contribution in [3.05, 3.63) is 57.3 Å². The smallest absolute Gasteiger partial charge is 0.255 e. The highest BCUT2D eigenvalue weighted by Gasteiger charge is 2.39. The summed E-state index contributed by atoms with van der Waals surface area (Å²) >= 11 is 1.74. The maximum absolute atomic E-state index is 13.0. The molecule has 158 valence electrons. The predicted molar refractivity (Wildman–Crippen MR) is 115 cm³/mol. The third-order valence-electron chi connectivity index (χ3n) is 5.79. The van der Waals surface area contributed by atoms with Crippen LogP contribution in [0.1, 0.15) is 51.7 Å². The van der Waals surface area contributed by atoms with Gasteiger partial charge in [0, 0.05) is 36.0 Å². The molecule has 1 aromatic carbocycles. The number of piperidine rings is 1. The number of hydrogen-bond acceptors (Lipinski definition) is 6. The van der Waals surface area contributed by atoms with Gasteiger partial charge in [0.05, 0.1) is 0 Å². The van der Waals surface area contributed by atoms with Gasteiger partial charge in [0.25, 0.3) is 5.91 Å². The summed E-state index contributed by atoms with van der Waals surface area (Å²) in [6.07, 6.45) is 1.61. The SMILES string of the molecule is CNCC[C@@H](NCc1cccc2c1CN(C1CCC(=O)NC1=O)C2=O)c1cccs1. The molecule has 30 heavy (non-hydrogen) atoms. The molecule has 8 heteroatoms. The Morgan fingerprint density at radius 3 is 2.83 bits per heavy atom. The van der Waals surface area contributed by atoms with Gasteiger partial charge in [0.1, 0.15) is 6.04 Å². The van der Waals surface area contributed by atoms with Crippen LogP contribution in [0.2, 0.25) is 0 Å². The Hall–Kier alpha value is -2.55. The number of carbonyl (C=O) groups is 3. The zero-order valence-electron chi connectivity index (χ0n) is 16.9. The first-order valence-corrected chi connectivity index (χ1v) is 11.1. The van der Waals surface area contributed by atoms with Crippen molar-refractivity contribution in [2.45, 2.75) is 44.4 Å². The van der Waals surface area contributed by atoms with Crippen molar-refractivity contribution in [2.24, 2.45) is 0 Å². The number of benzene rings is 1. The second kappa shape index (κ2) is 9.07. The van der Waals surface area contributed by atoms with Crippen LogP contribution in [0.15, 0.2) is 35.7 Å². The van der Waals surface area contributed by atoms with E-state index in [1.165, 1.54) is 4.88 Å². The minimum atomic E-state index is -0.585. The van der Waals surface area contributed by atoms with Gasteiger partial charge >= 0.3 is 0 Å². The molecule has 2 aliphatic heterocycles. The zero-order valence-corrected chi connectivity index (χ0v) is 17.8. The summed E-state index contributed by atoms with van der Waals surface area (Å²) in [6.45, 7) is 1.95. The molecule has 3 N–H and O–H groups in total. The number of carbonyl (C=O) groups excluding carboxylic acids is 3. The van der Waals surface area contributed by atoms with Gasteiger partial charge in [-0.05, 0) is 55.1 Å². The summed E-state index contributed by atoms with van der Waals surface area (Å²) < 4.78 is 0. The summed E-state index contributed by atoms with van der Waals surface area (Å²) in [5.74, 6) is -0.783. The molecule has 2 atom stereocenters. The van der Waals surface area contributed by atoms with Crippen molar-refractivity contribution < 1.29 is 14.4 Å². The monoisotopic (exact) mass is 426 g/mol. The molecule has 4 rings (SSSR count). The first-order valence-electron chi connectivity index (χ1n) is 10.2. The van der Waals surface area contributed by atoms with Crippen LogP contribution >= 0.6 is 11.3 Å². The van der Waals surface area contributed by atoms with Gasteiger partial charge in [-0.2, -0.15) is 0 Å². The van der Waals surface area contributed by atoms with Crippen LogP contribution < -0.4 is 16.0 Å². The minimum Gasteiger partial charge on any atom is -0.322 e. The molecule has 1 aromatic heterocycles. The first-order chi connectivity index (χ1) is 14.6. The lowest BCUT2D eigenvalue weighted by Crippen LogP contribution is -2.52. The normalized spacial score (nSPS) is 19.7. The second-order valence-corrected chi connectivity index (χ2v) is 8.66. The summed E-state index contributed by atoms with van der Waals surface area (Å²) in [7, 11) is 1.95. The highest BCUT2D eigenvalue weighted by Crippen LogP contribution is 2.30. The lowest BCUT2D eigenvalue weighted by Gasteiger charge is -2.29. The van der Waals surface area contributed by atoms with Crippen LogP contribution in [0.5, 0.6) is 0 Å². The molecule has 2 aliphatic rings. The summed E-state index contributed by atoms with van der Waals surface area (Å²) in [5, 5.41) is 11.3. The van der Waals surface area contributed by atoms with Crippen molar-refractivity contribution in [2.75, 3.05) is 13.6 Å². The molecule has 1 unspecified atom stereocenters. The highest BCUT2D eigenvalue weighted by molar-refractivity contribution is 7.10. The highest BCUT2D eigenvalue weighted by atomic mass is 32.1. The van der Waals surface area contributed by atoms with E-state index in [2.05, 4.69) is 33.5 Å². The van der Waals surface area contributed by atoms with E-state index >= 15 is 0 Å². The minimum absolute atomic E-state index is 0.133. The fourth-order valence-corrected chi connectivity index (χ4v) is 5.01. The number of nitrogens with zero attached hydrogens (tertiary/aromatic N) is 1. The number of amides is 3. The molecule has 3 amide bonds. The van der Waals surface area contributed by atoms with E-state index in [0.717, 1.165) is 24.1 Å². The van der Waals surface area contributed by atoms with Crippen molar-refractivity contribution in [3.63, 3.8) is 0 Å². The van der Waals surface area contributed by atoms with E-state index in [9.17, 15) is 14.4 Å². The number of rotatable bonds is 8. The molecular formula is C22H26N4O3S. The molecule has 0 aliphatic carbocycles. The number of thiophene rings is 1. The lowest BCUT2D eigenvalue weighted by molar-refractivity contribution is -0.136. The molecule has 2 aromatic rings. The van der Waals surface area contributed by atoms with Crippen LogP contribution in [-0.2, 0) is 22.7 Å². The standard InChI is InChI=1S/C22H26N4O3S/c1-23-10-9-17(19-6-3-11-30-19)24-12-14-4-2-5-15-16(14)13-26(22(15)29)18-7-8-20(27)25-21(18)28/h2-6,11,17-18,23-24H,7-10,12-13H2,1H3,(H,25,27,28)/t17-,18?/m1/s1. The fourth-order valence-electron chi connectivity index (χ4n) is 4.17. The lowest BCUT2D eigenvalue weighted by atomic mass is 10.0. The molecule has 0 bridgehead atoms. The van der Waals surface area contributed by atoms with Crippen LogP contribution in [-0.4, -0.2) is 42.3 Å². The number of nitrogens with one attached hydrogen (secondary N) is 3. The maximum Gasteiger partial charge on any atom is 0.255 e. The van der Waals surface area contributed by atoms with Gasteiger partial charge in [-0.25, -0.2) is 0 Å². The van der Waals surface area contributed by atoms with E-state index < -0.39 is 6.04 Å². The zero-order chi connectivity index (χ0) is 21.1.